The van der Waals surface area contributed by atoms with E-state index in [2.05, 4.69) is 40.3 Å². The summed E-state index contributed by atoms with van der Waals surface area (Å²) >= 11 is 9.66. The molecule has 3 heteroatoms. The number of hydrogen-bond acceptors (Lipinski definition) is 1. The van der Waals surface area contributed by atoms with Crippen molar-refractivity contribution in [3.05, 3.63) is 33.3 Å². The summed E-state index contributed by atoms with van der Waals surface area (Å²) in [6, 6.07) is 6.93. The Labute approximate surface area is 117 Å². The second kappa shape index (κ2) is 6.21. The van der Waals surface area contributed by atoms with Gasteiger partial charge in [-0.05, 0) is 49.4 Å². The topological polar surface area (TPSA) is 12.0 Å². The zero-order valence-electron chi connectivity index (χ0n) is 10.2. The molecule has 1 saturated carbocycles. The van der Waals surface area contributed by atoms with Gasteiger partial charge in [-0.2, -0.15) is 0 Å². The van der Waals surface area contributed by atoms with Gasteiger partial charge in [0.05, 0.1) is 0 Å². The van der Waals surface area contributed by atoms with Gasteiger partial charge in [-0.3, -0.25) is 0 Å². The molecular weight excluding hydrogens is 298 g/mol. The first-order valence-electron chi connectivity index (χ1n) is 6.32. The smallest absolute Gasteiger partial charge is 0.0449 e. The van der Waals surface area contributed by atoms with Gasteiger partial charge >= 0.3 is 0 Å². The van der Waals surface area contributed by atoms with E-state index in [0.717, 1.165) is 28.5 Å². The summed E-state index contributed by atoms with van der Waals surface area (Å²) in [4.78, 5) is 0. The van der Waals surface area contributed by atoms with E-state index in [9.17, 15) is 0 Å². The Morgan fingerprint density at radius 2 is 2.24 bits per heavy atom. The molecule has 94 valence electrons. The standard InChI is InChI=1S/C14H19BrClN/c1-10(9-17-13-3-2-4-13)7-11-5-6-12(15)8-14(11)16/h5-6,8,10,13,17H,2-4,7,9H2,1H3. The lowest BCUT2D eigenvalue weighted by molar-refractivity contribution is 0.320. The molecule has 2 rings (SSSR count). The first-order chi connectivity index (χ1) is 8.15. The molecule has 1 aliphatic rings. The average molecular weight is 317 g/mol. The van der Waals surface area contributed by atoms with Gasteiger partial charge in [0.15, 0.2) is 0 Å². The molecule has 1 fully saturated rings. The molecule has 0 aromatic heterocycles. The van der Waals surface area contributed by atoms with Crippen molar-refractivity contribution < 1.29 is 0 Å². The lowest BCUT2D eigenvalue weighted by atomic mass is 9.92. The molecule has 0 spiro atoms. The van der Waals surface area contributed by atoms with Gasteiger partial charge in [0.25, 0.3) is 0 Å². The summed E-state index contributed by atoms with van der Waals surface area (Å²) in [5.41, 5.74) is 1.25. The van der Waals surface area contributed by atoms with Crippen molar-refractivity contribution in [1.82, 2.24) is 5.32 Å². The Balaban J connectivity index is 1.81. The monoisotopic (exact) mass is 315 g/mol. The predicted molar refractivity (Wildman–Crippen MR) is 77.7 cm³/mol. The van der Waals surface area contributed by atoms with E-state index < -0.39 is 0 Å². The third-order valence-electron chi connectivity index (χ3n) is 3.44. The fourth-order valence-electron chi connectivity index (χ4n) is 2.12. The molecule has 1 aromatic rings. The molecule has 17 heavy (non-hydrogen) atoms. The third-order valence-corrected chi connectivity index (χ3v) is 4.29. The van der Waals surface area contributed by atoms with Crippen LogP contribution in [0.3, 0.4) is 0 Å². The van der Waals surface area contributed by atoms with Crippen molar-refractivity contribution in [3.63, 3.8) is 0 Å². The second-order valence-electron chi connectivity index (χ2n) is 5.08. The molecule has 0 aliphatic heterocycles. The maximum atomic E-state index is 6.22. The fourth-order valence-corrected chi connectivity index (χ4v) is 2.87. The van der Waals surface area contributed by atoms with Gasteiger partial charge in [-0.15, -0.1) is 0 Å². The van der Waals surface area contributed by atoms with Crippen molar-refractivity contribution >= 4 is 27.5 Å². The van der Waals surface area contributed by atoms with Crippen LogP contribution in [0.2, 0.25) is 5.02 Å². The average Bonchev–Trinajstić information content (AvgIpc) is 2.20. The highest BCUT2D eigenvalue weighted by molar-refractivity contribution is 9.10. The Morgan fingerprint density at radius 1 is 1.47 bits per heavy atom. The molecule has 0 radical (unpaired) electrons. The number of nitrogens with one attached hydrogen (secondary N) is 1. The highest BCUT2D eigenvalue weighted by Crippen LogP contribution is 2.24. The van der Waals surface area contributed by atoms with Gasteiger partial charge in [0.1, 0.15) is 0 Å². The molecule has 0 amide bonds. The van der Waals surface area contributed by atoms with E-state index in [4.69, 9.17) is 11.6 Å². The summed E-state index contributed by atoms with van der Waals surface area (Å²) < 4.78 is 1.05. The molecule has 1 nitrogen and oxygen atoms in total. The zero-order valence-corrected chi connectivity index (χ0v) is 12.5. The maximum absolute atomic E-state index is 6.22. The molecule has 1 aliphatic carbocycles. The van der Waals surface area contributed by atoms with Crippen LogP contribution in [0.15, 0.2) is 22.7 Å². The highest BCUT2D eigenvalue weighted by atomic mass is 79.9. The normalized spacial score (nSPS) is 17.8. The van der Waals surface area contributed by atoms with Crippen LogP contribution in [-0.4, -0.2) is 12.6 Å². The van der Waals surface area contributed by atoms with E-state index in [1.807, 2.05) is 6.07 Å². The van der Waals surface area contributed by atoms with E-state index >= 15 is 0 Å². The quantitative estimate of drug-likeness (QED) is 0.847. The van der Waals surface area contributed by atoms with E-state index in [-0.39, 0.29) is 0 Å². The van der Waals surface area contributed by atoms with Crippen molar-refractivity contribution in [3.8, 4) is 0 Å². The number of rotatable bonds is 5. The minimum Gasteiger partial charge on any atom is -0.314 e. The van der Waals surface area contributed by atoms with E-state index in [0.29, 0.717) is 5.92 Å². The number of hydrogen-bond donors (Lipinski definition) is 1. The van der Waals surface area contributed by atoms with Crippen molar-refractivity contribution in [1.29, 1.82) is 0 Å². The maximum Gasteiger partial charge on any atom is 0.0449 e. The summed E-state index contributed by atoms with van der Waals surface area (Å²) in [5.74, 6) is 0.634. The van der Waals surface area contributed by atoms with Crippen LogP contribution in [0, 0.1) is 5.92 Å². The minimum absolute atomic E-state index is 0.634. The van der Waals surface area contributed by atoms with Gasteiger partial charge in [0.2, 0.25) is 0 Å². The lowest BCUT2D eigenvalue weighted by Gasteiger charge is -2.28. The lowest BCUT2D eigenvalue weighted by Crippen LogP contribution is -2.38. The van der Waals surface area contributed by atoms with Crippen LogP contribution in [0.5, 0.6) is 0 Å². The largest absolute Gasteiger partial charge is 0.314 e. The van der Waals surface area contributed by atoms with Crippen LogP contribution < -0.4 is 5.32 Å². The highest BCUT2D eigenvalue weighted by Gasteiger charge is 2.17. The Kier molecular flexibility index (Phi) is 4.89. The molecule has 0 saturated heterocycles. The van der Waals surface area contributed by atoms with Crippen LogP contribution in [0.1, 0.15) is 31.7 Å². The SMILES string of the molecule is CC(CNC1CCC1)Cc1ccc(Br)cc1Cl. The Bertz CT molecular complexity index is 376. The van der Waals surface area contributed by atoms with Crippen molar-refractivity contribution in [2.45, 2.75) is 38.6 Å². The van der Waals surface area contributed by atoms with Crippen molar-refractivity contribution in [2.24, 2.45) is 5.92 Å². The zero-order chi connectivity index (χ0) is 12.3. The Hall–Kier alpha value is -0.0500. The molecule has 0 heterocycles. The summed E-state index contributed by atoms with van der Waals surface area (Å²) in [7, 11) is 0. The van der Waals surface area contributed by atoms with Crippen LogP contribution in [0.4, 0.5) is 0 Å². The molecule has 0 bridgehead atoms. The summed E-state index contributed by atoms with van der Waals surface area (Å²) in [5, 5.41) is 4.49. The van der Waals surface area contributed by atoms with E-state index in [1.54, 1.807) is 0 Å². The number of halogens is 2. The summed E-state index contributed by atoms with van der Waals surface area (Å²) in [6.07, 6.45) is 5.15. The van der Waals surface area contributed by atoms with Crippen molar-refractivity contribution in [2.75, 3.05) is 6.54 Å². The number of benzene rings is 1. The first kappa shape index (κ1) is 13.4. The van der Waals surface area contributed by atoms with Gasteiger partial charge in [0, 0.05) is 15.5 Å². The first-order valence-corrected chi connectivity index (χ1v) is 7.49. The third kappa shape index (κ3) is 3.97. The van der Waals surface area contributed by atoms with E-state index in [1.165, 1.54) is 24.8 Å². The van der Waals surface area contributed by atoms with Crippen LogP contribution in [-0.2, 0) is 6.42 Å². The molecular formula is C14H19BrClN. The Morgan fingerprint density at radius 3 is 2.82 bits per heavy atom. The summed E-state index contributed by atoms with van der Waals surface area (Å²) in [6.45, 7) is 3.38. The predicted octanol–water partition coefficient (Wildman–Crippen LogP) is 4.42. The van der Waals surface area contributed by atoms with Gasteiger partial charge in [-0.1, -0.05) is 46.9 Å². The molecule has 1 aromatic carbocycles. The molecule has 1 atom stereocenters. The molecule has 1 unspecified atom stereocenters. The minimum atomic E-state index is 0.634. The second-order valence-corrected chi connectivity index (χ2v) is 6.40. The molecule has 1 N–H and O–H groups in total. The van der Waals surface area contributed by atoms with Crippen LogP contribution >= 0.6 is 27.5 Å². The van der Waals surface area contributed by atoms with Crippen LogP contribution in [0.25, 0.3) is 0 Å². The fraction of sp³-hybridized carbons (Fsp3) is 0.571. The van der Waals surface area contributed by atoms with Gasteiger partial charge in [-0.25, -0.2) is 0 Å². The van der Waals surface area contributed by atoms with Gasteiger partial charge < -0.3 is 5.32 Å².